The Morgan fingerprint density at radius 1 is 1.22 bits per heavy atom. The Hall–Kier alpha value is -2.04. The number of nitrogens with zero attached hydrogens (tertiary/aromatic N) is 3. The molecule has 2 fully saturated rings. The highest BCUT2D eigenvalue weighted by molar-refractivity contribution is 5.58. The maximum absolute atomic E-state index is 5.41. The molecule has 0 radical (unpaired) electrons. The summed E-state index contributed by atoms with van der Waals surface area (Å²) >= 11 is 0. The molecule has 2 heterocycles. The molecule has 23 heavy (non-hydrogen) atoms. The van der Waals surface area contributed by atoms with Crippen LogP contribution < -0.4 is 10.2 Å². The van der Waals surface area contributed by atoms with Gasteiger partial charge in [0.15, 0.2) is 5.82 Å². The highest BCUT2D eigenvalue weighted by Gasteiger charge is 2.29. The topological polar surface area (TPSA) is 54.2 Å². The van der Waals surface area contributed by atoms with Crippen LogP contribution in [0.25, 0.3) is 0 Å². The van der Waals surface area contributed by atoms with Crippen LogP contribution in [0.5, 0.6) is 0 Å². The smallest absolute Gasteiger partial charge is 0.248 e. The van der Waals surface area contributed by atoms with E-state index in [-0.39, 0.29) is 6.04 Å². The molecule has 2 aliphatic rings. The quantitative estimate of drug-likeness (QED) is 0.900. The summed E-state index contributed by atoms with van der Waals surface area (Å²) in [7, 11) is 0. The van der Waals surface area contributed by atoms with Crippen LogP contribution in [-0.2, 0) is 0 Å². The van der Waals surface area contributed by atoms with Crippen molar-refractivity contribution in [3.05, 3.63) is 36.0 Å². The van der Waals surface area contributed by atoms with E-state index in [4.69, 9.17) is 4.52 Å². The van der Waals surface area contributed by atoms with Gasteiger partial charge in [0, 0.05) is 30.4 Å². The first-order valence-corrected chi connectivity index (χ1v) is 8.74. The molecule has 2 aromatic rings. The zero-order chi connectivity index (χ0) is 15.6. The average molecular weight is 312 g/mol. The van der Waals surface area contributed by atoms with Gasteiger partial charge in [-0.15, -0.1) is 0 Å². The molecule has 0 amide bonds. The van der Waals surface area contributed by atoms with E-state index >= 15 is 0 Å². The largest absolute Gasteiger partial charge is 0.374 e. The van der Waals surface area contributed by atoms with Crippen molar-refractivity contribution < 1.29 is 4.52 Å². The number of aromatic nitrogens is 2. The SMILES string of the molecule is CC(Nc1cccc(N2CCCCC2)c1)c1nc(C2CC2)no1. The lowest BCUT2D eigenvalue weighted by atomic mass is 10.1. The van der Waals surface area contributed by atoms with Gasteiger partial charge in [-0.2, -0.15) is 4.98 Å². The second-order valence-electron chi connectivity index (χ2n) is 6.73. The van der Waals surface area contributed by atoms with E-state index in [0.717, 1.165) is 24.6 Å². The molecule has 1 unspecified atom stereocenters. The monoisotopic (exact) mass is 312 g/mol. The van der Waals surface area contributed by atoms with E-state index in [1.54, 1.807) is 0 Å². The first-order valence-electron chi connectivity index (χ1n) is 8.74. The van der Waals surface area contributed by atoms with Gasteiger partial charge < -0.3 is 14.7 Å². The van der Waals surface area contributed by atoms with Gasteiger partial charge in [-0.05, 0) is 57.2 Å². The lowest BCUT2D eigenvalue weighted by Gasteiger charge is -2.29. The van der Waals surface area contributed by atoms with Crippen LogP contribution in [0.4, 0.5) is 11.4 Å². The first kappa shape index (κ1) is 14.5. The van der Waals surface area contributed by atoms with Crippen LogP contribution >= 0.6 is 0 Å². The lowest BCUT2D eigenvalue weighted by Crippen LogP contribution is -2.29. The minimum atomic E-state index is 0.0200. The molecule has 0 bridgehead atoms. The second kappa shape index (κ2) is 6.22. The van der Waals surface area contributed by atoms with Gasteiger partial charge in [0.2, 0.25) is 5.89 Å². The Balaban J connectivity index is 1.44. The summed E-state index contributed by atoms with van der Waals surface area (Å²) in [6, 6.07) is 8.65. The number of hydrogen-bond donors (Lipinski definition) is 1. The molecule has 1 aliphatic carbocycles. The highest BCUT2D eigenvalue weighted by atomic mass is 16.5. The summed E-state index contributed by atoms with van der Waals surface area (Å²) in [5.74, 6) is 2.08. The number of anilines is 2. The third-order valence-corrected chi connectivity index (χ3v) is 4.72. The van der Waals surface area contributed by atoms with Crippen LogP contribution in [-0.4, -0.2) is 23.2 Å². The summed E-state index contributed by atoms with van der Waals surface area (Å²) in [5, 5.41) is 7.58. The lowest BCUT2D eigenvalue weighted by molar-refractivity contribution is 0.363. The Morgan fingerprint density at radius 3 is 2.83 bits per heavy atom. The molecule has 1 saturated heterocycles. The van der Waals surface area contributed by atoms with Gasteiger partial charge in [-0.1, -0.05) is 11.2 Å². The zero-order valence-corrected chi connectivity index (χ0v) is 13.7. The molecule has 1 atom stereocenters. The second-order valence-corrected chi connectivity index (χ2v) is 6.73. The number of rotatable bonds is 5. The van der Waals surface area contributed by atoms with Crippen molar-refractivity contribution in [1.29, 1.82) is 0 Å². The Morgan fingerprint density at radius 2 is 2.04 bits per heavy atom. The molecular weight excluding hydrogens is 288 g/mol. The van der Waals surface area contributed by atoms with Gasteiger partial charge in [-0.3, -0.25) is 0 Å². The summed E-state index contributed by atoms with van der Waals surface area (Å²) in [5.41, 5.74) is 2.40. The molecule has 122 valence electrons. The van der Waals surface area contributed by atoms with Crippen molar-refractivity contribution in [2.75, 3.05) is 23.3 Å². The first-order chi connectivity index (χ1) is 11.3. The zero-order valence-electron chi connectivity index (χ0n) is 13.7. The van der Waals surface area contributed by atoms with E-state index in [1.807, 2.05) is 0 Å². The Labute approximate surface area is 137 Å². The van der Waals surface area contributed by atoms with Crippen molar-refractivity contribution in [2.24, 2.45) is 0 Å². The Kier molecular flexibility index (Phi) is 3.93. The summed E-state index contributed by atoms with van der Waals surface area (Å²) in [6.45, 7) is 4.39. The molecule has 5 nitrogen and oxygen atoms in total. The van der Waals surface area contributed by atoms with Crippen LogP contribution in [0.3, 0.4) is 0 Å². The van der Waals surface area contributed by atoms with Gasteiger partial charge in [0.25, 0.3) is 0 Å². The third kappa shape index (κ3) is 3.33. The molecule has 1 aromatic carbocycles. The predicted octanol–water partition coefficient (Wildman–Crippen LogP) is 4.11. The van der Waals surface area contributed by atoms with E-state index < -0.39 is 0 Å². The Bertz CT molecular complexity index is 659. The van der Waals surface area contributed by atoms with E-state index in [2.05, 4.69) is 51.5 Å². The molecule has 0 spiro atoms. The third-order valence-electron chi connectivity index (χ3n) is 4.72. The minimum absolute atomic E-state index is 0.0200. The molecule has 4 rings (SSSR count). The molecule has 5 heteroatoms. The van der Waals surface area contributed by atoms with E-state index in [0.29, 0.717) is 11.8 Å². The van der Waals surface area contributed by atoms with E-state index in [9.17, 15) is 0 Å². The molecular formula is C18H24N4O. The maximum atomic E-state index is 5.41. The van der Waals surface area contributed by atoms with Crippen molar-refractivity contribution in [1.82, 2.24) is 10.1 Å². The van der Waals surface area contributed by atoms with Gasteiger partial charge in [0.1, 0.15) is 6.04 Å². The van der Waals surface area contributed by atoms with Crippen LogP contribution in [0, 0.1) is 0 Å². The number of piperidine rings is 1. The van der Waals surface area contributed by atoms with Gasteiger partial charge in [-0.25, -0.2) is 0 Å². The summed E-state index contributed by atoms with van der Waals surface area (Å²) < 4.78 is 5.41. The number of benzene rings is 1. The van der Waals surface area contributed by atoms with Crippen LogP contribution in [0.15, 0.2) is 28.8 Å². The fraction of sp³-hybridized carbons (Fsp3) is 0.556. The highest BCUT2D eigenvalue weighted by Crippen LogP contribution is 2.38. The van der Waals surface area contributed by atoms with Crippen LogP contribution in [0.1, 0.15) is 62.7 Å². The minimum Gasteiger partial charge on any atom is -0.374 e. The fourth-order valence-corrected chi connectivity index (χ4v) is 3.19. The van der Waals surface area contributed by atoms with E-state index in [1.165, 1.54) is 37.8 Å². The van der Waals surface area contributed by atoms with Crippen molar-refractivity contribution >= 4 is 11.4 Å². The van der Waals surface area contributed by atoms with Crippen molar-refractivity contribution in [2.45, 2.75) is 51.0 Å². The van der Waals surface area contributed by atoms with Crippen molar-refractivity contribution in [3.8, 4) is 0 Å². The van der Waals surface area contributed by atoms with Crippen LogP contribution in [0.2, 0.25) is 0 Å². The standard InChI is InChI=1S/C18H24N4O/c1-13(18-20-17(21-23-18)14-8-9-14)19-15-6-5-7-16(12-15)22-10-3-2-4-11-22/h5-7,12-14,19H,2-4,8-11H2,1H3. The molecule has 1 N–H and O–H groups in total. The van der Waals surface area contributed by atoms with Crippen molar-refractivity contribution in [3.63, 3.8) is 0 Å². The molecule has 1 aliphatic heterocycles. The predicted molar refractivity (Wildman–Crippen MR) is 90.8 cm³/mol. The normalized spacial score (nSPS) is 19.6. The summed E-state index contributed by atoms with van der Waals surface area (Å²) in [4.78, 5) is 7.00. The molecule has 1 aromatic heterocycles. The van der Waals surface area contributed by atoms with Gasteiger partial charge >= 0.3 is 0 Å². The average Bonchev–Trinajstić information content (AvgIpc) is 3.33. The maximum Gasteiger partial charge on any atom is 0.248 e. The number of nitrogens with one attached hydrogen (secondary N) is 1. The fourth-order valence-electron chi connectivity index (χ4n) is 3.19. The number of hydrogen-bond acceptors (Lipinski definition) is 5. The molecule has 1 saturated carbocycles. The summed E-state index contributed by atoms with van der Waals surface area (Å²) in [6.07, 6.45) is 6.32. The van der Waals surface area contributed by atoms with Gasteiger partial charge in [0.05, 0.1) is 0 Å².